The monoisotopic (exact) mass is 308 g/mol. The van der Waals surface area contributed by atoms with E-state index in [1.807, 2.05) is 11.8 Å². The molecule has 1 aromatic rings. The third kappa shape index (κ3) is 4.93. The van der Waals surface area contributed by atoms with Gasteiger partial charge in [0.1, 0.15) is 5.75 Å². The van der Waals surface area contributed by atoms with Crippen molar-refractivity contribution in [3.8, 4) is 5.75 Å². The quantitative estimate of drug-likeness (QED) is 0.755. The van der Waals surface area contributed by atoms with E-state index < -0.39 is 0 Å². The van der Waals surface area contributed by atoms with Crippen molar-refractivity contribution in [2.75, 3.05) is 18.6 Å². The Morgan fingerprint density at radius 3 is 2.48 bits per heavy atom. The highest BCUT2D eigenvalue weighted by molar-refractivity contribution is 7.98. The van der Waals surface area contributed by atoms with Crippen molar-refractivity contribution in [3.05, 3.63) is 29.8 Å². The van der Waals surface area contributed by atoms with Crippen molar-refractivity contribution < 1.29 is 9.47 Å². The largest absolute Gasteiger partial charge is 0.465 e. The molecule has 0 spiro atoms. The fourth-order valence-corrected chi connectivity index (χ4v) is 3.77. The van der Waals surface area contributed by atoms with E-state index in [0.29, 0.717) is 5.92 Å². The van der Waals surface area contributed by atoms with Crippen molar-refractivity contribution in [3.63, 3.8) is 0 Å². The Morgan fingerprint density at radius 1 is 1.24 bits per heavy atom. The predicted octanol–water partition coefficient (Wildman–Crippen LogP) is 5.08. The van der Waals surface area contributed by atoms with E-state index in [0.717, 1.165) is 31.0 Å². The third-order valence-electron chi connectivity index (χ3n) is 4.07. The first-order chi connectivity index (χ1) is 10.0. The number of hydrogen-bond acceptors (Lipinski definition) is 3. The van der Waals surface area contributed by atoms with Crippen molar-refractivity contribution in [2.24, 2.45) is 5.41 Å². The number of rotatable bonds is 5. The fourth-order valence-electron chi connectivity index (χ4n) is 2.75. The lowest BCUT2D eigenvalue weighted by molar-refractivity contribution is -0.105. The van der Waals surface area contributed by atoms with E-state index in [1.165, 1.54) is 12.0 Å². The van der Waals surface area contributed by atoms with Gasteiger partial charge < -0.3 is 9.47 Å². The van der Waals surface area contributed by atoms with E-state index in [9.17, 15) is 0 Å². The molecule has 1 aliphatic rings. The molecule has 0 saturated carbocycles. The summed E-state index contributed by atoms with van der Waals surface area (Å²) < 4.78 is 11.5. The number of benzene rings is 1. The Labute approximate surface area is 133 Å². The topological polar surface area (TPSA) is 18.5 Å². The molecule has 0 aromatic heterocycles. The molecule has 2 atom stereocenters. The first-order valence-electron chi connectivity index (χ1n) is 7.88. The zero-order valence-electron chi connectivity index (χ0n) is 13.7. The highest BCUT2D eigenvalue weighted by atomic mass is 32.2. The van der Waals surface area contributed by atoms with E-state index in [4.69, 9.17) is 9.47 Å². The van der Waals surface area contributed by atoms with Gasteiger partial charge in [-0.3, -0.25) is 0 Å². The first kappa shape index (κ1) is 16.7. The van der Waals surface area contributed by atoms with Crippen LogP contribution in [0.15, 0.2) is 24.3 Å². The van der Waals surface area contributed by atoms with E-state index in [2.05, 4.69) is 51.3 Å². The summed E-state index contributed by atoms with van der Waals surface area (Å²) in [6.07, 6.45) is 5.47. The summed E-state index contributed by atoms with van der Waals surface area (Å²) in [7, 11) is 0. The molecule has 2 unspecified atom stereocenters. The molecule has 0 radical (unpaired) electrons. The van der Waals surface area contributed by atoms with Gasteiger partial charge >= 0.3 is 0 Å². The summed E-state index contributed by atoms with van der Waals surface area (Å²) in [6.45, 7) is 7.76. The summed E-state index contributed by atoms with van der Waals surface area (Å²) >= 11 is 1.91. The molecule has 0 bridgehead atoms. The fraction of sp³-hybridized carbons (Fsp3) is 0.667. The molecule has 0 N–H and O–H groups in total. The summed E-state index contributed by atoms with van der Waals surface area (Å²) in [5.41, 5.74) is 1.67. The van der Waals surface area contributed by atoms with Crippen LogP contribution in [0.1, 0.15) is 51.5 Å². The second-order valence-electron chi connectivity index (χ2n) is 6.86. The number of hydrogen-bond donors (Lipinski definition) is 0. The standard InChI is InChI=1S/C18H28O2S/c1-18(2,3)16(13-21-4)14-8-10-15(11-9-14)20-17-7-5-6-12-19-17/h8-11,16-17H,5-7,12-13H2,1-4H3. The molecular weight excluding hydrogens is 280 g/mol. The van der Waals surface area contributed by atoms with Gasteiger partial charge in [0, 0.05) is 12.2 Å². The lowest BCUT2D eigenvalue weighted by Gasteiger charge is -2.31. The summed E-state index contributed by atoms with van der Waals surface area (Å²) in [5, 5.41) is 0. The van der Waals surface area contributed by atoms with Crippen LogP contribution >= 0.6 is 11.8 Å². The van der Waals surface area contributed by atoms with Crippen molar-refractivity contribution in [1.82, 2.24) is 0 Å². The van der Waals surface area contributed by atoms with Gasteiger partial charge in [0.2, 0.25) is 0 Å². The minimum absolute atomic E-state index is 0.0609. The normalized spacial score (nSPS) is 21.0. The van der Waals surface area contributed by atoms with Gasteiger partial charge in [-0.15, -0.1) is 0 Å². The minimum Gasteiger partial charge on any atom is -0.465 e. The zero-order valence-corrected chi connectivity index (χ0v) is 14.5. The molecule has 1 saturated heterocycles. The van der Waals surface area contributed by atoms with E-state index in [1.54, 1.807) is 0 Å². The lowest BCUT2D eigenvalue weighted by atomic mass is 9.78. The molecular formula is C18H28O2S. The maximum Gasteiger partial charge on any atom is 0.199 e. The molecule has 0 aliphatic carbocycles. The molecule has 0 amide bonds. The van der Waals surface area contributed by atoms with Crippen LogP contribution in [0.2, 0.25) is 0 Å². The molecule has 1 aromatic carbocycles. The average molecular weight is 308 g/mol. The lowest BCUT2D eigenvalue weighted by Crippen LogP contribution is -2.25. The van der Waals surface area contributed by atoms with Crippen molar-refractivity contribution in [1.29, 1.82) is 0 Å². The second-order valence-corrected chi connectivity index (χ2v) is 7.77. The van der Waals surface area contributed by atoms with Gasteiger partial charge in [0.05, 0.1) is 6.61 Å². The van der Waals surface area contributed by atoms with Crippen LogP contribution in [0.3, 0.4) is 0 Å². The van der Waals surface area contributed by atoms with Gasteiger partial charge in [0.25, 0.3) is 0 Å². The van der Waals surface area contributed by atoms with Crippen LogP contribution in [-0.4, -0.2) is 24.9 Å². The summed E-state index contributed by atoms with van der Waals surface area (Å²) in [5.74, 6) is 2.63. The van der Waals surface area contributed by atoms with Crippen LogP contribution in [0.4, 0.5) is 0 Å². The van der Waals surface area contributed by atoms with Crippen LogP contribution in [0.25, 0.3) is 0 Å². The highest BCUT2D eigenvalue weighted by Gasteiger charge is 2.25. The molecule has 21 heavy (non-hydrogen) atoms. The van der Waals surface area contributed by atoms with Crippen LogP contribution in [0, 0.1) is 5.41 Å². The number of ether oxygens (including phenoxy) is 2. The molecule has 3 heteroatoms. The maximum atomic E-state index is 5.91. The van der Waals surface area contributed by atoms with Crippen LogP contribution in [0.5, 0.6) is 5.75 Å². The maximum absolute atomic E-state index is 5.91. The van der Waals surface area contributed by atoms with Crippen molar-refractivity contribution in [2.45, 2.75) is 52.2 Å². The molecule has 2 nitrogen and oxygen atoms in total. The third-order valence-corrected chi connectivity index (χ3v) is 4.73. The Hall–Kier alpha value is -0.670. The van der Waals surface area contributed by atoms with E-state index >= 15 is 0 Å². The molecule has 1 aliphatic heterocycles. The Bertz CT molecular complexity index is 416. The highest BCUT2D eigenvalue weighted by Crippen LogP contribution is 2.37. The molecule has 2 rings (SSSR count). The molecule has 1 heterocycles. The zero-order chi connectivity index (χ0) is 15.3. The summed E-state index contributed by atoms with van der Waals surface area (Å²) in [4.78, 5) is 0. The number of thioether (sulfide) groups is 1. The van der Waals surface area contributed by atoms with Gasteiger partial charge in [-0.05, 0) is 48.1 Å². The Balaban J connectivity index is 2.02. The SMILES string of the molecule is CSCC(c1ccc(OC2CCCCO2)cc1)C(C)(C)C. The van der Waals surface area contributed by atoms with E-state index in [-0.39, 0.29) is 11.7 Å². The van der Waals surface area contributed by atoms with Gasteiger partial charge in [-0.2, -0.15) is 11.8 Å². The van der Waals surface area contributed by atoms with Crippen LogP contribution < -0.4 is 4.74 Å². The smallest absolute Gasteiger partial charge is 0.199 e. The second kappa shape index (κ2) is 7.55. The molecule has 1 fully saturated rings. The van der Waals surface area contributed by atoms with Gasteiger partial charge in [-0.1, -0.05) is 32.9 Å². The molecule has 118 valence electrons. The Kier molecular flexibility index (Phi) is 6.00. The average Bonchev–Trinajstić information content (AvgIpc) is 2.46. The minimum atomic E-state index is -0.0609. The van der Waals surface area contributed by atoms with Gasteiger partial charge in [0.15, 0.2) is 6.29 Å². The van der Waals surface area contributed by atoms with Crippen molar-refractivity contribution >= 4 is 11.8 Å². The van der Waals surface area contributed by atoms with Crippen LogP contribution in [-0.2, 0) is 4.74 Å². The predicted molar refractivity (Wildman–Crippen MR) is 91.2 cm³/mol. The summed E-state index contributed by atoms with van der Waals surface area (Å²) in [6, 6.07) is 8.60. The first-order valence-corrected chi connectivity index (χ1v) is 9.27. The Morgan fingerprint density at radius 2 is 1.95 bits per heavy atom. The van der Waals surface area contributed by atoms with Gasteiger partial charge in [-0.25, -0.2) is 0 Å².